The smallest absolute Gasteiger partial charge is 0.124 e. The predicted octanol–water partition coefficient (Wildman–Crippen LogP) is 2.91. The van der Waals surface area contributed by atoms with Crippen molar-refractivity contribution < 1.29 is 6.85 Å². The highest BCUT2D eigenvalue weighted by atomic mass is 79.9. The Morgan fingerprint density at radius 2 is 1.85 bits per heavy atom. The molecule has 0 amide bonds. The molecule has 0 spiro atoms. The summed E-state index contributed by atoms with van der Waals surface area (Å²) in [4.78, 5) is 7.94. The summed E-state index contributed by atoms with van der Waals surface area (Å²) in [5.41, 5.74) is 0.302. The van der Waals surface area contributed by atoms with Crippen molar-refractivity contribution in [3.63, 3.8) is 0 Å². The first-order chi connectivity index (χ1) is 8.43. The lowest BCUT2D eigenvalue weighted by molar-refractivity contribution is 1.17. The normalized spacial score (nSPS) is 15.3. The van der Waals surface area contributed by atoms with E-state index in [1.54, 1.807) is 0 Å². The summed E-state index contributed by atoms with van der Waals surface area (Å²) in [6, 6.07) is -1.74. The van der Waals surface area contributed by atoms with Crippen LogP contribution >= 0.6 is 15.9 Å². The van der Waals surface area contributed by atoms with Gasteiger partial charge in [0.05, 0.1) is 24.9 Å². The quantitative estimate of drug-likeness (QED) is 0.765. The topological polar surface area (TPSA) is 25.8 Å². The summed E-state index contributed by atoms with van der Waals surface area (Å²) < 4.78 is 38.7. The average molecular weight is 240 g/mol. The number of nitrogens with zero attached hydrogens (tertiary/aromatic N) is 2. The molecule has 0 saturated heterocycles. The van der Waals surface area contributed by atoms with Gasteiger partial charge in [-0.25, -0.2) is 4.98 Å². The second-order valence-electron chi connectivity index (χ2n) is 2.22. The Bertz CT molecular complexity index is 586. The second-order valence-corrected chi connectivity index (χ2v) is 3.04. The van der Waals surface area contributed by atoms with Gasteiger partial charge in [0, 0.05) is 5.56 Å². The van der Waals surface area contributed by atoms with Gasteiger partial charge in [-0.15, -0.1) is 0 Å². The van der Waals surface area contributed by atoms with Crippen LogP contribution in [-0.4, -0.2) is 9.97 Å². The van der Waals surface area contributed by atoms with E-state index in [0.717, 1.165) is 0 Å². The summed E-state index contributed by atoms with van der Waals surface area (Å²) in [5, 5.41) is 0. The molecule has 64 valence electrons. The maximum absolute atomic E-state index is 7.77. The number of rotatable bonds is 1. The van der Waals surface area contributed by atoms with Gasteiger partial charge in [-0.2, -0.15) is 0 Å². The SMILES string of the molecule is [2H]c1c([2H])c([2H])c(-c2cnc(Br)cn2)c([2H])c1[2H]. The predicted molar refractivity (Wildman–Crippen MR) is 55.2 cm³/mol. The van der Waals surface area contributed by atoms with E-state index in [-0.39, 0.29) is 35.4 Å². The van der Waals surface area contributed by atoms with Crippen LogP contribution in [0.25, 0.3) is 11.3 Å². The standard InChI is InChI=1S/C10H7BrN2/c11-10-7-12-9(6-13-10)8-4-2-1-3-5-8/h1-7H/i1D,2D,3D,4D,5D. The molecule has 0 bridgehead atoms. The maximum atomic E-state index is 7.77. The minimum atomic E-state index is -0.418. The molecule has 2 rings (SSSR count). The fraction of sp³-hybridized carbons (Fsp3) is 0. The van der Waals surface area contributed by atoms with Crippen LogP contribution in [0.1, 0.15) is 6.85 Å². The molecule has 0 atom stereocenters. The lowest BCUT2D eigenvalue weighted by atomic mass is 10.2. The fourth-order valence-corrected chi connectivity index (χ4v) is 1.02. The molecule has 0 aliphatic carbocycles. The molecule has 1 heterocycles. The van der Waals surface area contributed by atoms with E-state index in [1.165, 1.54) is 12.4 Å². The Morgan fingerprint density at radius 1 is 1.08 bits per heavy atom. The van der Waals surface area contributed by atoms with E-state index >= 15 is 0 Å². The molecule has 0 radical (unpaired) electrons. The van der Waals surface area contributed by atoms with Gasteiger partial charge in [-0.3, -0.25) is 4.98 Å². The molecule has 0 N–H and O–H groups in total. The van der Waals surface area contributed by atoms with Crippen LogP contribution in [0.5, 0.6) is 0 Å². The van der Waals surface area contributed by atoms with Crippen molar-refractivity contribution in [3.8, 4) is 11.3 Å². The van der Waals surface area contributed by atoms with E-state index in [4.69, 9.17) is 6.85 Å². The van der Waals surface area contributed by atoms with E-state index in [0.29, 0.717) is 4.60 Å². The highest BCUT2D eigenvalue weighted by molar-refractivity contribution is 9.10. The van der Waals surface area contributed by atoms with Crippen molar-refractivity contribution in [1.29, 1.82) is 0 Å². The Labute approximate surface area is 91.8 Å². The Balaban J connectivity index is 2.75. The summed E-state index contributed by atoms with van der Waals surface area (Å²) in [6.45, 7) is 0. The first kappa shape index (κ1) is 4.33. The van der Waals surface area contributed by atoms with Gasteiger partial charge in [-0.1, -0.05) is 30.2 Å². The summed E-state index contributed by atoms with van der Waals surface area (Å²) in [6.07, 6.45) is 2.77. The molecule has 0 fully saturated rings. The molecule has 2 aromatic rings. The second kappa shape index (κ2) is 3.66. The highest BCUT2D eigenvalue weighted by Gasteiger charge is 1.97. The third-order valence-electron chi connectivity index (χ3n) is 1.38. The van der Waals surface area contributed by atoms with E-state index in [9.17, 15) is 0 Å². The fourth-order valence-electron chi connectivity index (χ4n) is 0.819. The third kappa shape index (κ3) is 1.92. The lowest BCUT2D eigenvalue weighted by Gasteiger charge is -1.98. The average Bonchev–Trinajstić information content (AvgIpc) is 2.36. The largest absolute Gasteiger partial charge is 0.252 e. The Kier molecular flexibility index (Phi) is 1.22. The van der Waals surface area contributed by atoms with Crippen molar-refractivity contribution in [2.24, 2.45) is 0 Å². The zero-order chi connectivity index (χ0) is 13.4. The van der Waals surface area contributed by atoms with Crippen LogP contribution in [0.15, 0.2) is 47.2 Å². The molecule has 0 aliphatic rings. The van der Waals surface area contributed by atoms with Gasteiger partial charge < -0.3 is 0 Å². The summed E-state index contributed by atoms with van der Waals surface area (Å²) >= 11 is 3.12. The van der Waals surface area contributed by atoms with Crippen molar-refractivity contribution in [1.82, 2.24) is 9.97 Å². The first-order valence-electron chi connectivity index (χ1n) is 5.98. The molecule has 1 aromatic heterocycles. The zero-order valence-electron chi connectivity index (χ0n) is 11.4. The van der Waals surface area contributed by atoms with E-state index in [1.807, 2.05) is 0 Å². The van der Waals surface area contributed by atoms with Crippen LogP contribution in [0, 0.1) is 0 Å². The Morgan fingerprint density at radius 3 is 2.46 bits per heavy atom. The Hall–Kier alpha value is -1.22. The minimum absolute atomic E-state index is 0.0565. The molecule has 13 heavy (non-hydrogen) atoms. The first-order valence-corrected chi connectivity index (χ1v) is 4.27. The van der Waals surface area contributed by atoms with E-state index < -0.39 is 6.04 Å². The van der Waals surface area contributed by atoms with Crippen LogP contribution in [0.2, 0.25) is 0 Å². The van der Waals surface area contributed by atoms with Crippen molar-refractivity contribution in [2.75, 3.05) is 0 Å². The van der Waals surface area contributed by atoms with Crippen molar-refractivity contribution in [2.45, 2.75) is 0 Å². The molecule has 1 aromatic carbocycles. The maximum Gasteiger partial charge on any atom is 0.124 e. The molecule has 0 aliphatic heterocycles. The van der Waals surface area contributed by atoms with Gasteiger partial charge in [0.15, 0.2) is 0 Å². The van der Waals surface area contributed by atoms with Gasteiger partial charge in [-0.05, 0) is 15.9 Å². The van der Waals surface area contributed by atoms with Crippen LogP contribution in [0.3, 0.4) is 0 Å². The van der Waals surface area contributed by atoms with Gasteiger partial charge in [0.2, 0.25) is 0 Å². The third-order valence-corrected chi connectivity index (χ3v) is 1.79. The monoisotopic (exact) mass is 239 g/mol. The van der Waals surface area contributed by atoms with E-state index in [2.05, 4.69) is 25.9 Å². The van der Waals surface area contributed by atoms with Gasteiger partial charge in [0.25, 0.3) is 0 Å². The van der Waals surface area contributed by atoms with Crippen LogP contribution in [-0.2, 0) is 0 Å². The number of hydrogen-bond acceptors (Lipinski definition) is 2. The molecule has 0 unspecified atom stereocenters. The van der Waals surface area contributed by atoms with Gasteiger partial charge >= 0.3 is 0 Å². The van der Waals surface area contributed by atoms with Crippen LogP contribution < -0.4 is 0 Å². The summed E-state index contributed by atoms with van der Waals surface area (Å²) in [7, 11) is 0. The number of hydrogen-bond donors (Lipinski definition) is 0. The molecule has 2 nitrogen and oxygen atoms in total. The van der Waals surface area contributed by atoms with Crippen molar-refractivity contribution >= 4 is 15.9 Å². The summed E-state index contributed by atoms with van der Waals surface area (Å²) in [5.74, 6) is 0. The molecule has 3 heteroatoms. The number of aromatic nitrogens is 2. The molecule has 0 saturated carbocycles. The highest BCUT2D eigenvalue weighted by Crippen LogP contribution is 2.15. The molecular weight excluding hydrogens is 228 g/mol. The van der Waals surface area contributed by atoms with Crippen LogP contribution in [0.4, 0.5) is 0 Å². The minimum Gasteiger partial charge on any atom is -0.252 e. The zero-order valence-corrected chi connectivity index (χ0v) is 8.01. The number of halogens is 1. The van der Waals surface area contributed by atoms with Gasteiger partial charge in [0.1, 0.15) is 4.60 Å². The number of benzene rings is 1. The van der Waals surface area contributed by atoms with Crippen molar-refractivity contribution in [3.05, 3.63) is 47.2 Å². The molecular formula is C10H7BrN2. The lowest BCUT2D eigenvalue weighted by Crippen LogP contribution is -1.84.